The van der Waals surface area contributed by atoms with Crippen LogP contribution < -0.4 is 10.2 Å². The zero-order valence-electron chi connectivity index (χ0n) is 14.1. The Morgan fingerprint density at radius 2 is 1.68 bits per heavy atom. The van der Waals surface area contributed by atoms with Crippen LogP contribution in [0.3, 0.4) is 0 Å². The van der Waals surface area contributed by atoms with E-state index in [9.17, 15) is 20.1 Å². The average molecular weight is 419 g/mol. The van der Waals surface area contributed by atoms with E-state index in [0.29, 0.717) is 15.6 Å². The maximum Gasteiger partial charge on any atom is 0.204 e. The number of rotatable bonds is 3. The van der Waals surface area contributed by atoms with Crippen LogP contribution in [0.4, 0.5) is 0 Å². The molecule has 0 aliphatic carbocycles. The van der Waals surface area contributed by atoms with E-state index in [-0.39, 0.29) is 40.0 Å². The molecule has 0 bridgehead atoms. The molecule has 6 nitrogen and oxygen atoms in total. The van der Waals surface area contributed by atoms with Crippen molar-refractivity contribution >= 4 is 45.1 Å². The summed E-state index contributed by atoms with van der Waals surface area (Å²) in [7, 11) is 0. The molecular weight excluding hydrogens is 407 g/mol. The van der Waals surface area contributed by atoms with Gasteiger partial charge in [-0.3, -0.25) is 4.79 Å². The Balaban J connectivity index is 1.86. The largest absolute Gasteiger partial charge is 0.508 e. The van der Waals surface area contributed by atoms with E-state index in [1.165, 1.54) is 12.1 Å². The molecule has 0 spiro atoms. The molecule has 1 aromatic heterocycles. The van der Waals surface area contributed by atoms with E-state index < -0.39 is 16.9 Å². The lowest BCUT2D eigenvalue weighted by Crippen LogP contribution is -2.06. The van der Waals surface area contributed by atoms with Crippen molar-refractivity contribution in [2.75, 3.05) is 0 Å². The SMILES string of the molecule is O=c1c2cc(O)c(O)cc2oc2cc(O)cc(OCc3ccc(Cl)cc3Cl)c12. The second-order valence-electron chi connectivity index (χ2n) is 6.11. The molecule has 0 aliphatic rings. The van der Waals surface area contributed by atoms with Crippen molar-refractivity contribution in [1.82, 2.24) is 0 Å². The molecule has 0 aliphatic heterocycles. The first-order valence-corrected chi connectivity index (χ1v) is 8.81. The van der Waals surface area contributed by atoms with Gasteiger partial charge in [-0.15, -0.1) is 0 Å². The molecule has 0 fully saturated rings. The summed E-state index contributed by atoms with van der Waals surface area (Å²) in [5, 5.41) is 30.3. The van der Waals surface area contributed by atoms with E-state index in [1.807, 2.05) is 0 Å². The third kappa shape index (κ3) is 3.17. The molecule has 3 N–H and O–H groups in total. The molecule has 8 heteroatoms. The van der Waals surface area contributed by atoms with Crippen LogP contribution in [-0.4, -0.2) is 15.3 Å². The van der Waals surface area contributed by atoms with Crippen LogP contribution in [0.2, 0.25) is 10.0 Å². The minimum Gasteiger partial charge on any atom is -0.508 e. The summed E-state index contributed by atoms with van der Waals surface area (Å²) in [4.78, 5) is 12.9. The Bertz CT molecular complexity index is 1300. The molecule has 0 saturated heterocycles. The van der Waals surface area contributed by atoms with Gasteiger partial charge in [0, 0.05) is 33.8 Å². The number of hydrogen-bond donors (Lipinski definition) is 3. The molecule has 0 unspecified atom stereocenters. The predicted molar refractivity (Wildman–Crippen MR) is 106 cm³/mol. The van der Waals surface area contributed by atoms with Gasteiger partial charge < -0.3 is 24.5 Å². The van der Waals surface area contributed by atoms with Crippen LogP contribution in [0, 0.1) is 0 Å². The summed E-state index contributed by atoms with van der Waals surface area (Å²) >= 11 is 12.0. The first kappa shape index (κ1) is 18.3. The third-order valence-electron chi connectivity index (χ3n) is 4.22. The summed E-state index contributed by atoms with van der Waals surface area (Å²) in [6, 6.07) is 9.71. The molecule has 3 aromatic carbocycles. The van der Waals surface area contributed by atoms with Gasteiger partial charge in [-0.25, -0.2) is 0 Å². The van der Waals surface area contributed by atoms with Crippen LogP contribution in [0.25, 0.3) is 21.9 Å². The monoisotopic (exact) mass is 418 g/mol. The second kappa shape index (κ2) is 6.82. The highest BCUT2D eigenvalue weighted by Gasteiger charge is 2.17. The van der Waals surface area contributed by atoms with Gasteiger partial charge in [-0.1, -0.05) is 29.3 Å². The predicted octanol–water partition coefficient (Wildman–Crippen LogP) is 4.95. The summed E-state index contributed by atoms with van der Waals surface area (Å²) in [6.45, 7) is 0.0207. The molecule has 1 heterocycles. The molecule has 28 heavy (non-hydrogen) atoms. The number of hydrogen-bond acceptors (Lipinski definition) is 6. The van der Waals surface area contributed by atoms with Gasteiger partial charge >= 0.3 is 0 Å². The van der Waals surface area contributed by atoms with Gasteiger partial charge in [0.25, 0.3) is 0 Å². The summed E-state index contributed by atoms with van der Waals surface area (Å²) in [5.74, 6) is -0.961. The first-order valence-electron chi connectivity index (χ1n) is 8.05. The highest BCUT2D eigenvalue weighted by molar-refractivity contribution is 6.35. The minimum absolute atomic E-state index is 0.0207. The number of halogens is 2. The van der Waals surface area contributed by atoms with Crippen LogP contribution in [0.1, 0.15) is 5.56 Å². The smallest absolute Gasteiger partial charge is 0.204 e. The lowest BCUT2D eigenvalue weighted by atomic mass is 10.1. The van der Waals surface area contributed by atoms with Crippen molar-refractivity contribution in [1.29, 1.82) is 0 Å². The summed E-state index contributed by atoms with van der Waals surface area (Å²) in [5.41, 5.74) is 0.281. The number of ether oxygens (including phenoxy) is 1. The second-order valence-corrected chi connectivity index (χ2v) is 6.95. The highest BCUT2D eigenvalue weighted by Crippen LogP contribution is 2.35. The van der Waals surface area contributed by atoms with Gasteiger partial charge in [0.1, 0.15) is 34.7 Å². The standard InChI is InChI=1S/C20H12Cl2O6/c21-10-2-1-9(13(22)3-10)8-27-17-4-11(23)5-18-19(17)20(26)12-6-14(24)15(25)7-16(12)28-18/h1-7,23-25H,8H2. The number of fused-ring (bicyclic) bond motifs is 2. The molecule has 0 amide bonds. The van der Waals surface area contributed by atoms with E-state index in [4.69, 9.17) is 32.4 Å². The molecule has 142 valence electrons. The Hall–Kier alpha value is -3.09. The number of aromatic hydroxyl groups is 3. The fourth-order valence-electron chi connectivity index (χ4n) is 2.86. The lowest BCUT2D eigenvalue weighted by Gasteiger charge is -2.11. The molecule has 0 atom stereocenters. The third-order valence-corrected chi connectivity index (χ3v) is 4.80. The normalized spacial score (nSPS) is 11.2. The van der Waals surface area contributed by atoms with Gasteiger partial charge in [0.2, 0.25) is 5.43 Å². The average Bonchev–Trinajstić information content (AvgIpc) is 2.62. The zero-order chi connectivity index (χ0) is 20.0. The first-order chi connectivity index (χ1) is 13.3. The summed E-state index contributed by atoms with van der Waals surface area (Å²) < 4.78 is 11.4. The highest BCUT2D eigenvalue weighted by atomic mass is 35.5. The van der Waals surface area contributed by atoms with Gasteiger partial charge in [0.05, 0.1) is 5.39 Å². The fraction of sp³-hybridized carbons (Fsp3) is 0.0500. The van der Waals surface area contributed by atoms with E-state index in [2.05, 4.69) is 0 Å². The van der Waals surface area contributed by atoms with Crippen LogP contribution >= 0.6 is 23.2 Å². The molecule has 0 saturated carbocycles. The Kier molecular flexibility index (Phi) is 4.45. The van der Waals surface area contributed by atoms with Crippen molar-refractivity contribution < 1.29 is 24.5 Å². The van der Waals surface area contributed by atoms with Gasteiger partial charge in [-0.05, 0) is 18.2 Å². The Morgan fingerprint density at radius 1 is 0.929 bits per heavy atom. The number of phenolic OH excluding ortho intramolecular Hbond substituents is 3. The maximum absolute atomic E-state index is 12.9. The van der Waals surface area contributed by atoms with Crippen molar-refractivity contribution in [2.45, 2.75) is 6.61 Å². The zero-order valence-corrected chi connectivity index (χ0v) is 15.6. The quantitative estimate of drug-likeness (QED) is 0.321. The summed E-state index contributed by atoms with van der Waals surface area (Å²) in [6.07, 6.45) is 0. The lowest BCUT2D eigenvalue weighted by molar-refractivity contribution is 0.308. The van der Waals surface area contributed by atoms with Crippen molar-refractivity contribution in [3.8, 4) is 23.0 Å². The van der Waals surface area contributed by atoms with Crippen LogP contribution in [0.15, 0.2) is 51.7 Å². The van der Waals surface area contributed by atoms with Crippen molar-refractivity contribution in [2.24, 2.45) is 0 Å². The number of phenols is 3. The Labute approximate surface area is 167 Å². The van der Waals surface area contributed by atoms with Gasteiger partial charge in [0.15, 0.2) is 11.5 Å². The minimum atomic E-state index is -0.483. The van der Waals surface area contributed by atoms with Crippen LogP contribution in [0.5, 0.6) is 23.0 Å². The van der Waals surface area contributed by atoms with Gasteiger partial charge in [-0.2, -0.15) is 0 Å². The molecule has 0 radical (unpaired) electrons. The maximum atomic E-state index is 12.9. The van der Waals surface area contributed by atoms with E-state index in [1.54, 1.807) is 18.2 Å². The van der Waals surface area contributed by atoms with E-state index >= 15 is 0 Å². The number of benzene rings is 3. The molecule has 4 rings (SSSR count). The molecular formula is C20H12Cl2O6. The van der Waals surface area contributed by atoms with Crippen LogP contribution in [-0.2, 0) is 6.61 Å². The fourth-order valence-corrected chi connectivity index (χ4v) is 3.32. The topological polar surface area (TPSA) is 100 Å². The van der Waals surface area contributed by atoms with E-state index in [0.717, 1.165) is 12.1 Å². The van der Waals surface area contributed by atoms with Crippen molar-refractivity contribution in [3.63, 3.8) is 0 Å². The Morgan fingerprint density at radius 3 is 2.43 bits per heavy atom. The molecule has 4 aromatic rings. The van der Waals surface area contributed by atoms with Crippen molar-refractivity contribution in [3.05, 3.63) is 68.3 Å².